The first-order chi connectivity index (χ1) is 7.35. The van der Waals surface area contributed by atoms with Crippen molar-refractivity contribution >= 4 is 10.9 Å². The van der Waals surface area contributed by atoms with Gasteiger partial charge in [-0.1, -0.05) is 6.07 Å². The lowest BCUT2D eigenvalue weighted by Gasteiger charge is -2.00. The molecule has 3 N–H and O–H groups in total. The maximum absolute atomic E-state index is 9.08. The van der Waals surface area contributed by atoms with Crippen molar-refractivity contribution in [3.8, 4) is 0 Å². The second-order valence-corrected chi connectivity index (χ2v) is 3.71. The van der Waals surface area contributed by atoms with Crippen LogP contribution in [0, 0.1) is 0 Å². The minimum atomic E-state index is 0.104. The third kappa shape index (κ3) is 2.03. The Morgan fingerprint density at radius 2 is 2.27 bits per heavy atom. The molecular formula is C12H16N2O. The summed E-state index contributed by atoms with van der Waals surface area (Å²) in [5, 5.41) is 13.4. The number of hydrogen-bond acceptors (Lipinski definition) is 2. The van der Waals surface area contributed by atoms with Crippen molar-refractivity contribution in [3.05, 3.63) is 35.5 Å². The molecule has 2 aromatic rings. The van der Waals surface area contributed by atoms with E-state index in [4.69, 9.17) is 5.11 Å². The van der Waals surface area contributed by atoms with Crippen LogP contribution in [0.4, 0.5) is 0 Å². The second kappa shape index (κ2) is 4.47. The van der Waals surface area contributed by atoms with Gasteiger partial charge >= 0.3 is 0 Å². The molecule has 0 aliphatic rings. The van der Waals surface area contributed by atoms with Gasteiger partial charge in [-0.05, 0) is 43.3 Å². The number of hydrogen-bond donors (Lipinski definition) is 3. The molecule has 0 spiro atoms. The van der Waals surface area contributed by atoms with E-state index < -0.39 is 0 Å². The first-order valence-electron chi connectivity index (χ1n) is 5.19. The third-order valence-corrected chi connectivity index (χ3v) is 2.66. The molecule has 0 saturated heterocycles. The predicted octanol–water partition coefficient (Wildman–Crippen LogP) is 1.42. The highest BCUT2D eigenvalue weighted by Gasteiger charge is 2.03. The lowest BCUT2D eigenvalue weighted by atomic mass is 10.1. The van der Waals surface area contributed by atoms with Gasteiger partial charge in [-0.2, -0.15) is 0 Å². The summed E-state index contributed by atoms with van der Waals surface area (Å²) in [6.45, 7) is 1.07. The van der Waals surface area contributed by atoms with Gasteiger partial charge in [-0.15, -0.1) is 0 Å². The lowest BCUT2D eigenvalue weighted by Crippen LogP contribution is -2.09. The number of nitrogens with one attached hydrogen (secondary N) is 2. The van der Waals surface area contributed by atoms with Crippen molar-refractivity contribution in [3.63, 3.8) is 0 Å². The van der Waals surface area contributed by atoms with Crippen LogP contribution in [0.5, 0.6) is 0 Å². The Morgan fingerprint density at radius 1 is 1.40 bits per heavy atom. The van der Waals surface area contributed by atoms with Crippen molar-refractivity contribution in [1.82, 2.24) is 10.3 Å². The van der Waals surface area contributed by atoms with E-state index in [1.165, 1.54) is 10.9 Å². The number of fused-ring (bicyclic) bond motifs is 1. The highest BCUT2D eigenvalue weighted by atomic mass is 16.3. The van der Waals surface area contributed by atoms with Gasteiger partial charge in [0.2, 0.25) is 0 Å². The Labute approximate surface area is 89.1 Å². The molecule has 3 heteroatoms. The quantitative estimate of drug-likeness (QED) is 0.705. The van der Waals surface area contributed by atoms with Gasteiger partial charge in [0, 0.05) is 17.1 Å². The molecule has 1 aromatic carbocycles. The number of aromatic nitrogens is 1. The SMILES string of the molecule is CNCCc1c[nH]c2ccc(CO)cc12. The number of aliphatic hydroxyl groups is 1. The van der Waals surface area contributed by atoms with E-state index in [1.54, 1.807) is 0 Å². The first-order valence-corrected chi connectivity index (χ1v) is 5.19. The van der Waals surface area contributed by atoms with E-state index in [1.807, 2.05) is 25.4 Å². The second-order valence-electron chi connectivity index (χ2n) is 3.71. The number of benzene rings is 1. The van der Waals surface area contributed by atoms with E-state index in [-0.39, 0.29) is 6.61 Å². The van der Waals surface area contributed by atoms with Crippen LogP contribution in [0.3, 0.4) is 0 Å². The summed E-state index contributed by atoms with van der Waals surface area (Å²) in [7, 11) is 1.95. The first kappa shape index (κ1) is 10.2. The van der Waals surface area contributed by atoms with Gasteiger partial charge in [-0.3, -0.25) is 0 Å². The molecule has 80 valence electrons. The van der Waals surface area contributed by atoms with Crippen LogP contribution in [0.25, 0.3) is 10.9 Å². The Balaban J connectivity index is 2.38. The Bertz CT molecular complexity index is 448. The van der Waals surface area contributed by atoms with Crippen LogP contribution in [0.15, 0.2) is 24.4 Å². The zero-order valence-electron chi connectivity index (χ0n) is 8.88. The molecule has 1 heterocycles. The Morgan fingerprint density at radius 3 is 3.00 bits per heavy atom. The zero-order valence-corrected chi connectivity index (χ0v) is 8.88. The largest absolute Gasteiger partial charge is 0.392 e. The van der Waals surface area contributed by atoms with E-state index in [0.717, 1.165) is 24.0 Å². The van der Waals surface area contributed by atoms with Crippen molar-refractivity contribution in [2.24, 2.45) is 0 Å². The average molecular weight is 204 g/mol. The smallest absolute Gasteiger partial charge is 0.0682 e. The molecule has 0 aliphatic heterocycles. The van der Waals surface area contributed by atoms with Crippen molar-refractivity contribution in [2.45, 2.75) is 13.0 Å². The number of aliphatic hydroxyl groups excluding tert-OH is 1. The molecule has 1 aromatic heterocycles. The summed E-state index contributed by atoms with van der Waals surface area (Å²) in [6, 6.07) is 6.02. The van der Waals surface area contributed by atoms with Crippen LogP contribution in [-0.2, 0) is 13.0 Å². The molecule has 0 amide bonds. The van der Waals surface area contributed by atoms with Crippen molar-refractivity contribution in [2.75, 3.05) is 13.6 Å². The molecule has 0 radical (unpaired) electrons. The number of H-pyrrole nitrogens is 1. The van der Waals surface area contributed by atoms with E-state index in [2.05, 4.69) is 16.4 Å². The molecule has 0 atom stereocenters. The average Bonchev–Trinajstić information content (AvgIpc) is 2.68. The zero-order chi connectivity index (χ0) is 10.7. The Hall–Kier alpha value is -1.32. The summed E-state index contributed by atoms with van der Waals surface area (Å²) in [6.07, 6.45) is 3.05. The van der Waals surface area contributed by atoms with E-state index >= 15 is 0 Å². The fourth-order valence-corrected chi connectivity index (χ4v) is 1.79. The highest BCUT2D eigenvalue weighted by Crippen LogP contribution is 2.20. The summed E-state index contributed by atoms with van der Waals surface area (Å²) in [4.78, 5) is 3.24. The third-order valence-electron chi connectivity index (χ3n) is 2.66. The summed E-state index contributed by atoms with van der Waals surface area (Å²) in [5.74, 6) is 0. The highest BCUT2D eigenvalue weighted by molar-refractivity contribution is 5.83. The molecule has 3 nitrogen and oxygen atoms in total. The Kier molecular flexibility index (Phi) is 3.04. The maximum atomic E-state index is 9.08. The molecule has 0 unspecified atom stereocenters. The molecule has 0 fully saturated rings. The van der Waals surface area contributed by atoms with E-state index in [9.17, 15) is 0 Å². The number of likely N-dealkylation sites (N-methyl/N-ethyl adjacent to an activating group) is 1. The van der Waals surface area contributed by atoms with Gasteiger partial charge in [0.1, 0.15) is 0 Å². The van der Waals surface area contributed by atoms with Gasteiger partial charge in [0.25, 0.3) is 0 Å². The topological polar surface area (TPSA) is 48.0 Å². The standard InChI is InChI=1S/C12H16N2O/c1-13-5-4-10-7-14-12-3-2-9(8-15)6-11(10)12/h2-3,6-7,13-15H,4-5,8H2,1H3. The van der Waals surface area contributed by atoms with Crippen LogP contribution < -0.4 is 5.32 Å². The summed E-state index contributed by atoms with van der Waals surface area (Å²) < 4.78 is 0. The minimum absolute atomic E-state index is 0.104. The fraction of sp³-hybridized carbons (Fsp3) is 0.333. The molecule has 15 heavy (non-hydrogen) atoms. The van der Waals surface area contributed by atoms with Gasteiger partial charge in [-0.25, -0.2) is 0 Å². The van der Waals surface area contributed by atoms with Crippen LogP contribution in [-0.4, -0.2) is 23.7 Å². The fourth-order valence-electron chi connectivity index (χ4n) is 1.79. The van der Waals surface area contributed by atoms with E-state index in [0.29, 0.717) is 0 Å². The van der Waals surface area contributed by atoms with Gasteiger partial charge < -0.3 is 15.4 Å². The molecule has 2 rings (SSSR count). The normalized spacial score (nSPS) is 11.1. The lowest BCUT2D eigenvalue weighted by molar-refractivity contribution is 0.282. The maximum Gasteiger partial charge on any atom is 0.0682 e. The molecule has 0 aliphatic carbocycles. The summed E-state index contributed by atoms with van der Waals surface area (Å²) >= 11 is 0. The van der Waals surface area contributed by atoms with Gasteiger partial charge in [0.15, 0.2) is 0 Å². The van der Waals surface area contributed by atoms with Gasteiger partial charge in [0.05, 0.1) is 6.61 Å². The summed E-state index contributed by atoms with van der Waals surface area (Å²) in [5.41, 5.74) is 3.40. The molecular weight excluding hydrogens is 188 g/mol. The molecule has 0 bridgehead atoms. The minimum Gasteiger partial charge on any atom is -0.392 e. The monoisotopic (exact) mass is 204 g/mol. The van der Waals surface area contributed by atoms with Crippen molar-refractivity contribution in [1.29, 1.82) is 0 Å². The predicted molar refractivity (Wildman–Crippen MR) is 61.9 cm³/mol. The van der Waals surface area contributed by atoms with Crippen LogP contribution in [0.1, 0.15) is 11.1 Å². The number of rotatable bonds is 4. The van der Waals surface area contributed by atoms with Crippen LogP contribution in [0.2, 0.25) is 0 Å². The number of aromatic amines is 1. The van der Waals surface area contributed by atoms with Crippen LogP contribution >= 0.6 is 0 Å². The van der Waals surface area contributed by atoms with Crippen molar-refractivity contribution < 1.29 is 5.11 Å². The molecule has 0 saturated carbocycles.